The molecule has 3 aliphatic heterocycles. The molecule has 0 aliphatic carbocycles. The predicted octanol–water partition coefficient (Wildman–Crippen LogP) is 2.15. The van der Waals surface area contributed by atoms with Crippen molar-refractivity contribution in [3.8, 4) is 5.75 Å². The fourth-order valence-electron chi connectivity index (χ4n) is 4.45. The molecular weight excluding hydrogens is 412 g/mol. The Morgan fingerprint density at radius 2 is 2.26 bits per heavy atom. The molecule has 3 heterocycles. The summed E-state index contributed by atoms with van der Waals surface area (Å²) in [7, 11) is 1.66. The molecule has 0 spiro atoms. The van der Waals surface area contributed by atoms with E-state index in [1.807, 2.05) is 25.1 Å². The van der Waals surface area contributed by atoms with Crippen molar-refractivity contribution in [2.45, 2.75) is 56.7 Å². The van der Waals surface area contributed by atoms with Crippen LogP contribution in [0.3, 0.4) is 0 Å². The minimum Gasteiger partial charge on any atom is -0.497 e. The summed E-state index contributed by atoms with van der Waals surface area (Å²) in [6.07, 6.45) is 2.47. The maximum atomic E-state index is 12.9. The Labute approximate surface area is 188 Å². The number of hydrogen-bond donors (Lipinski definition) is 3. The second-order valence-corrected chi connectivity index (χ2v) is 9.59. The number of piperidine rings is 1. The molecule has 4 rings (SSSR count). The van der Waals surface area contributed by atoms with Gasteiger partial charge in [0.05, 0.1) is 19.1 Å². The summed E-state index contributed by atoms with van der Waals surface area (Å²) in [6.45, 7) is 5.60. The maximum absolute atomic E-state index is 12.9. The number of nitrogens with one attached hydrogen (secondary N) is 3. The van der Waals surface area contributed by atoms with E-state index in [1.54, 1.807) is 18.9 Å². The number of benzene rings is 1. The van der Waals surface area contributed by atoms with Gasteiger partial charge in [-0.2, -0.15) is 0 Å². The van der Waals surface area contributed by atoms with Crippen LogP contribution in [0, 0.1) is 5.92 Å². The van der Waals surface area contributed by atoms with E-state index in [-0.39, 0.29) is 41.4 Å². The van der Waals surface area contributed by atoms with E-state index in [2.05, 4.69) is 39.2 Å². The Balaban J connectivity index is 1.46. The van der Waals surface area contributed by atoms with Crippen LogP contribution in [0.2, 0.25) is 0 Å². The average molecular weight is 445 g/mol. The van der Waals surface area contributed by atoms with Gasteiger partial charge in [-0.05, 0) is 54.9 Å². The van der Waals surface area contributed by atoms with Gasteiger partial charge in [-0.15, -0.1) is 11.8 Å². The van der Waals surface area contributed by atoms with Gasteiger partial charge in [0.15, 0.2) is 0 Å². The van der Waals surface area contributed by atoms with Crippen molar-refractivity contribution in [2.24, 2.45) is 5.92 Å². The molecule has 2 fully saturated rings. The van der Waals surface area contributed by atoms with E-state index in [4.69, 9.17) is 4.74 Å². The number of methoxy groups -OCH3 is 1. The van der Waals surface area contributed by atoms with Gasteiger partial charge < -0.3 is 15.4 Å². The lowest BCUT2D eigenvalue weighted by Gasteiger charge is -2.43. The number of rotatable bonds is 6. The first-order valence-corrected chi connectivity index (χ1v) is 12.0. The van der Waals surface area contributed by atoms with Crippen LogP contribution in [-0.4, -0.2) is 60.5 Å². The van der Waals surface area contributed by atoms with Crippen molar-refractivity contribution >= 4 is 29.1 Å². The fraction of sp³-hybridized carbons (Fsp3) is 0.565. The van der Waals surface area contributed by atoms with Crippen LogP contribution in [0.5, 0.6) is 5.75 Å². The van der Waals surface area contributed by atoms with Crippen molar-refractivity contribution in [2.75, 3.05) is 20.2 Å². The summed E-state index contributed by atoms with van der Waals surface area (Å²) in [6, 6.07) is 8.06. The highest BCUT2D eigenvalue weighted by Crippen LogP contribution is 2.39. The van der Waals surface area contributed by atoms with Gasteiger partial charge in [0.2, 0.25) is 11.8 Å². The number of nitrogens with zero attached hydrogens (tertiary/aromatic N) is 1. The molecule has 3 aliphatic rings. The van der Waals surface area contributed by atoms with Crippen molar-refractivity contribution < 1.29 is 14.3 Å². The zero-order valence-corrected chi connectivity index (χ0v) is 19.2. The van der Waals surface area contributed by atoms with Crippen LogP contribution < -0.4 is 20.7 Å². The van der Waals surface area contributed by atoms with Gasteiger partial charge in [0.1, 0.15) is 17.3 Å². The van der Waals surface area contributed by atoms with Gasteiger partial charge in [0.25, 0.3) is 0 Å². The molecule has 1 aromatic rings. The third-order valence-electron chi connectivity index (χ3n) is 6.45. The number of fused-ring (bicyclic) bond motifs is 1. The summed E-state index contributed by atoms with van der Waals surface area (Å²) in [4.78, 5) is 27.8. The quantitative estimate of drug-likeness (QED) is 0.624. The lowest BCUT2D eigenvalue weighted by Crippen LogP contribution is -2.69. The molecule has 0 aromatic heterocycles. The van der Waals surface area contributed by atoms with Crippen molar-refractivity contribution in [1.29, 1.82) is 0 Å². The molecule has 5 unspecified atom stereocenters. The van der Waals surface area contributed by atoms with Gasteiger partial charge in [-0.3, -0.25) is 19.8 Å². The Kier molecular flexibility index (Phi) is 6.89. The van der Waals surface area contributed by atoms with Crippen molar-refractivity contribution in [1.82, 2.24) is 20.9 Å². The first kappa shape index (κ1) is 22.2. The van der Waals surface area contributed by atoms with Crippen LogP contribution >= 0.6 is 11.8 Å². The molecule has 8 heteroatoms. The smallest absolute Gasteiger partial charge is 0.237 e. The summed E-state index contributed by atoms with van der Waals surface area (Å²) in [5.41, 5.74) is 2.17. The maximum Gasteiger partial charge on any atom is 0.237 e. The number of likely N-dealkylation sites (tertiary alicyclic amines) is 1. The lowest BCUT2D eigenvalue weighted by atomic mass is 9.94. The van der Waals surface area contributed by atoms with Crippen molar-refractivity contribution in [3.63, 3.8) is 0 Å². The molecule has 168 valence electrons. The molecule has 2 saturated heterocycles. The van der Waals surface area contributed by atoms with E-state index in [0.717, 1.165) is 42.7 Å². The largest absolute Gasteiger partial charge is 0.497 e. The van der Waals surface area contributed by atoms with Gasteiger partial charge in [-0.1, -0.05) is 19.1 Å². The monoisotopic (exact) mass is 444 g/mol. The predicted molar refractivity (Wildman–Crippen MR) is 123 cm³/mol. The Morgan fingerprint density at radius 3 is 3.03 bits per heavy atom. The SMILES string of the molecule is CCC(C)NC(=O)C1CCCN(C2NC(=O)C3SC=C(c4cccc(OC)c4)C3N2)C1. The van der Waals surface area contributed by atoms with E-state index in [9.17, 15) is 9.59 Å². The number of ether oxygens (including phenoxy) is 1. The topological polar surface area (TPSA) is 82.7 Å². The molecule has 2 amide bonds. The average Bonchev–Trinajstić information content (AvgIpc) is 3.23. The minimum atomic E-state index is -0.277. The van der Waals surface area contributed by atoms with Gasteiger partial charge in [0, 0.05) is 19.1 Å². The fourth-order valence-corrected chi connectivity index (χ4v) is 5.60. The molecule has 7 nitrogen and oxygen atoms in total. The van der Waals surface area contributed by atoms with Crippen LogP contribution in [0.25, 0.3) is 5.57 Å². The third-order valence-corrected chi connectivity index (χ3v) is 7.62. The van der Waals surface area contributed by atoms with Crippen molar-refractivity contribution in [3.05, 3.63) is 35.2 Å². The number of hydrogen-bond acceptors (Lipinski definition) is 6. The summed E-state index contributed by atoms with van der Waals surface area (Å²) >= 11 is 1.55. The molecule has 0 radical (unpaired) electrons. The minimum absolute atomic E-state index is 0.0408. The van der Waals surface area contributed by atoms with Crippen LogP contribution in [0.15, 0.2) is 29.7 Å². The highest BCUT2D eigenvalue weighted by molar-refractivity contribution is 8.04. The Morgan fingerprint density at radius 1 is 1.42 bits per heavy atom. The van der Waals surface area contributed by atoms with Gasteiger partial charge >= 0.3 is 0 Å². The highest BCUT2D eigenvalue weighted by atomic mass is 32.2. The summed E-state index contributed by atoms with van der Waals surface area (Å²) in [5, 5.41) is 11.8. The second kappa shape index (κ2) is 9.63. The number of carbonyl (C=O) groups is 2. The summed E-state index contributed by atoms with van der Waals surface area (Å²) in [5.74, 6) is 0.909. The van der Waals surface area contributed by atoms with Crippen LogP contribution in [-0.2, 0) is 9.59 Å². The van der Waals surface area contributed by atoms with E-state index in [0.29, 0.717) is 6.54 Å². The highest BCUT2D eigenvalue weighted by Gasteiger charge is 2.44. The molecule has 3 N–H and O–H groups in total. The Bertz CT molecular complexity index is 861. The zero-order valence-electron chi connectivity index (χ0n) is 18.4. The number of thioether (sulfide) groups is 1. The van der Waals surface area contributed by atoms with Crippen LogP contribution in [0.4, 0.5) is 0 Å². The number of carbonyl (C=O) groups excluding carboxylic acids is 2. The van der Waals surface area contributed by atoms with Gasteiger partial charge in [-0.25, -0.2) is 0 Å². The first-order valence-electron chi connectivity index (χ1n) is 11.1. The lowest BCUT2D eigenvalue weighted by molar-refractivity contribution is -0.129. The second-order valence-electron chi connectivity index (χ2n) is 8.57. The molecule has 5 atom stereocenters. The standard InChI is InChI=1S/C23H32N4O3S/c1-4-14(2)24-21(28)16-8-6-10-27(12-16)23-25-19-18(13-31-20(19)22(29)26-23)15-7-5-9-17(11-15)30-3/h5,7,9,11,13-14,16,19-20,23,25H,4,6,8,10,12H2,1-3H3,(H,24,28)(H,26,29). The van der Waals surface area contributed by atoms with E-state index >= 15 is 0 Å². The molecule has 31 heavy (non-hydrogen) atoms. The summed E-state index contributed by atoms with van der Waals surface area (Å²) < 4.78 is 5.38. The molecular formula is C23H32N4O3S. The third kappa shape index (κ3) is 4.76. The van der Waals surface area contributed by atoms with Crippen LogP contribution in [0.1, 0.15) is 38.7 Å². The van der Waals surface area contributed by atoms with E-state index in [1.165, 1.54) is 0 Å². The number of amides is 2. The Hall–Kier alpha value is -2.03. The molecule has 1 aromatic carbocycles. The first-order chi connectivity index (χ1) is 15.0. The zero-order chi connectivity index (χ0) is 22.0. The van der Waals surface area contributed by atoms with E-state index < -0.39 is 0 Å². The molecule has 0 bridgehead atoms. The molecule has 0 saturated carbocycles. The normalized spacial score (nSPS) is 29.5.